The van der Waals surface area contributed by atoms with E-state index in [1.54, 1.807) is 4.90 Å². The van der Waals surface area contributed by atoms with E-state index in [1.165, 1.54) is 24.9 Å². The Labute approximate surface area is 126 Å². The number of nitrogens with zero attached hydrogens (tertiary/aromatic N) is 2. The highest BCUT2D eigenvalue weighted by molar-refractivity contribution is 5.88. The molecule has 1 aromatic rings. The average molecular weight is 287 g/mol. The van der Waals surface area contributed by atoms with Gasteiger partial charge in [-0.2, -0.15) is 0 Å². The monoisotopic (exact) mass is 287 g/mol. The summed E-state index contributed by atoms with van der Waals surface area (Å²) in [6, 6.07) is 8.61. The summed E-state index contributed by atoms with van der Waals surface area (Å²) in [5.41, 5.74) is 7.86. The summed E-state index contributed by atoms with van der Waals surface area (Å²) < 4.78 is 0. The first-order valence-corrected chi connectivity index (χ1v) is 7.97. The van der Waals surface area contributed by atoms with Gasteiger partial charge in [-0.3, -0.25) is 4.79 Å². The van der Waals surface area contributed by atoms with Crippen LogP contribution in [0.3, 0.4) is 0 Å². The second kappa shape index (κ2) is 5.68. The first-order valence-electron chi connectivity index (χ1n) is 7.97. The molecule has 0 atom stereocenters. The largest absolute Gasteiger partial charge is 0.372 e. The Balaban J connectivity index is 1.60. The molecule has 1 aliphatic heterocycles. The molecule has 21 heavy (non-hydrogen) atoms. The van der Waals surface area contributed by atoms with Crippen LogP contribution in [0, 0.1) is 0 Å². The summed E-state index contributed by atoms with van der Waals surface area (Å²) in [5.74, 6) is 0.0719. The van der Waals surface area contributed by atoms with E-state index < -0.39 is 5.54 Å². The number of piperidine rings is 1. The van der Waals surface area contributed by atoms with Crippen LogP contribution in [0.25, 0.3) is 0 Å². The molecule has 1 saturated heterocycles. The fourth-order valence-electron chi connectivity index (χ4n) is 3.04. The number of rotatable bonds is 4. The number of hydrogen-bond acceptors (Lipinski definition) is 3. The molecule has 4 heteroatoms. The van der Waals surface area contributed by atoms with Gasteiger partial charge in [-0.15, -0.1) is 0 Å². The van der Waals surface area contributed by atoms with Gasteiger partial charge >= 0.3 is 0 Å². The minimum Gasteiger partial charge on any atom is -0.372 e. The van der Waals surface area contributed by atoms with Crippen molar-refractivity contribution >= 4 is 11.6 Å². The molecule has 1 amide bonds. The number of hydrogen-bond donors (Lipinski definition) is 1. The smallest absolute Gasteiger partial charge is 0.242 e. The van der Waals surface area contributed by atoms with E-state index in [-0.39, 0.29) is 5.91 Å². The Hall–Kier alpha value is -1.55. The molecule has 114 valence electrons. The minimum atomic E-state index is -0.567. The normalized spacial score (nSPS) is 20.2. The zero-order valence-electron chi connectivity index (χ0n) is 12.8. The third kappa shape index (κ3) is 3.21. The highest BCUT2D eigenvalue weighted by Gasteiger charge is 2.47. The summed E-state index contributed by atoms with van der Waals surface area (Å²) in [6.45, 7) is 2.96. The van der Waals surface area contributed by atoms with Gasteiger partial charge in [0, 0.05) is 32.4 Å². The van der Waals surface area contributed by atoms with Gasteiger partial charge in [-0.25, -0.2) is 0 Å². The zero-order valence-corrected chi connectivity index (χ0v) is 12.8. The van der Waals surface area contributed by atoms with Crippen LogP contribution in [0.5, 0.6) is 0 Å². The molecule has 4 nitrogen and oxygen atoms in total. The van der Waals surface area contributed by atoms with Gasteiger partial charge in [0.1, 0.15) is 0 Å². The second-order valence-corrected chi connectivity index (χ2v) is 6.53. The van der Waals surface area contributed by atoms with E-state index in [4.69, 9.17) is 5.73 Å². The molecule has 1 heterocycles. The van der Waals surface area contributed by atoms with Crippen molar-refractivity contribution in [2.24, 2.45) is 5.73 Å². The van der Waals surface area contributed by atoms with Crippen molar-refractivity contribution in [2.45, 2.75) is 44.2 Å². The summed E-state index contributed by atoms with van der Waals surface area (Å²) in [7, 11) is 1.84. The van der Waals surface area contributed by atoms with Gasteiger partial charge in [-0.05, 0) is 49.8 Å². The van der Waals surface area contributed by atoms with Crippen molar-refractivity contribution in [2.75, 3.05) is 25.0 Å². The fraction of sp³-hybridized carbons (Fsp3) is 0.588. The van der Waals surface area contributed by atoms with Crippen LogP contribution in [0.2, 0.25) is 0 Å². The Morgan fingerprint density at radius 1 is 1.19 bits per heavy atom. The van der Waals surface area contributed by atoms with Gasteiger partial charge < -0.3 is 15.5 Å². The van der Waals surface area contributed by atoms with Crippen LogP contribution in [0.1, 0.15) is 37.7 Å². The van der Waals surface area contributed by atoms with Crippen molar-refractivity contribution in [3.8, 4) is 0 Å². The molecule has 0 spiro atoms. The van der Waals surface area contributed by atoms with Crippen LogP contribution < -0.4 is 10.6 Å². The van der Waals surface area contributed by atoms with Crippen LogP contribution in [-0.2, 0) is 11.3 Å². The standard InChI is InChI=1S/C17H25N3O/c1-19(16(21)17(18)9-10-17)13-14-5-7-15(8-6-14)20-11-3-2-4-12-20/h5-8H,2-4,9-13,18H2,1H3. The molecule has 1 saturated carbocycles. The van der Waals surface area contributed by atoms with Crippen molar-refractivity contribution in [3.63, 3.8) is 0 Å². The van der Waals surface area contributed by atoms with Crippen LogP contribution in [0.15, 0.2) is 24.3 Å². The van der Waals surface area contributed by atoms with E-state index in [9.17, 15) is 4.79 Å². The lowest BCUT2D eigenvalue weighted by atomic mass is 10.1. The first kappa shape index (κ1) is 14.4. The van der Waals surface area contributed by atoms with E-state index in [1.807, 2.05) is 7.05 Å². The lowest BCUT2D eigenvalue weighted by Crippen LogP contribution is -2.43. The van der Waals surface area contributed by atoms with Gasteiger partial charge in [0.2, 0.25) is 5.91 Å². The van der Waals surface area contributed by atoms with Crippen LogP contribution >= 0.6 is 0 Å². The molecule has 2 N–H and O–H groups in total. The predicted octanol–water partition coefficient (Wildman–Crippen LogP) is 2.13. The molecule has 1 aliphatic carbocycles. The van der Waals surface area contributed by atoms with E-state index in [2.05, 4.69) is 29.2 Å². The predicted molar refractivity (Wildman–Crippen MR) is 85.1 cm³/mol. The molecular weight excluding hydrogens is 262 g/mol. The average Bonchev–Trinajstić information content (AvgIpc) is 3.27. The van der Waals surface area contributed by atoms with Crippen molar-refractivity contribution < 1.29 is 4.79 Å². The van der Waals surface area contributed by atoms with Crippen molar-refractivity contribution in [3.05, 3.63) is 29.8 Å². The number of nitrogens with two attached hydrogens (primary N) is 1. The zero-order chi connectivity index (χ0) is 14.9. The van der Waals surface area contributed by atoms with Crippen LogP contribution in [-0.4, -0.2) is 36.5 Å². The maximum Gasteiger partial charge on any atom is 0.242 e. The maximum atomic E-state index is 12.1. The summed E-state index contributed by atoms with van der Waals surface area (Å²) >= 11 is 0. The van der Waals surface area contributed by atoms with Crippen molar-refractivity contribution in [1.82, 2.24) is 4.90 Å². The van der Waals surface area contributed by atoms with Crippen LogP contribution in [0.4, 0.5) is 5.69 Å². The number of carbonyl (C=O) groups excluding carboxylic acids is 1. The molecule has 1 aromatic carbocycles. The molecule has 0 aromatic heterocycles. The first-order chi connectivity index (χ1) is 10.1. The highest BCUT2D eigenvalue weighted by Crippen LogP contribution is 2.34. The lowest BCUT2D eigenvalue weighted by Gasteiger charge is -2.29. The number of anilines is 1. The quantitative estimate of drug-likeness (QED) is 0.923. The van der Waals surface area contributed by atoms with Gasteiger partial charge in [0.25, 0.3) is 0 Å². The maximum absolute atomic E-state index is 12.1. The highest BCUT2D eigenvalue weighted by atomic mass is 16.2. The number of benzene rings is 1. The summed E-state index contributed by atoms with van der Waals surface area (Å²) in [6.07, 6.45) is 5.58. The summed E-state index contributed by atoms with van der Waals surface area (Å²) in [4.78, 5) is 16.3. The van der Waals surface area contributed by atoms with E-state index in [0.717, 1.165) is 31.5 Å². The Bertz CT molecular complexity index is 501. The number of carbonyl (C=O) groups is 1. The van der Waals surface area contributed by atoms with Gasteiger partial charge in [0.15, 0.2) is 0 Å². The van der Waals surface area contributed by atoms with Crippen molar-refractivity contribution in [1.29, 1.82) is 0 Å². The molecular formula is C17H25N3O. The SMILES string of the molecule is CN(Cc1ccc(N2CCCCC2)cc1)C(=O)C1(N)CC1. The minimum absolute atomic E-state index is 0.0719. The third-order valence-electron chi connectivity index (χ3n) is 4.64. The topological polar surface area (TPSA) is 49.6 Å². The molecule has 3 rings (SSSR count). The molecule has 0 bridgehead atoms. The molecule has 2 fully saturated rings. The van der Waals surface area contributed by atoms with Gasteiger partial charge in [-0.1, -0.05) is 12.1 Å². The lowest BCUT2D eigenvalue weighted by molar-refractivity contribution is -0.132. The molecule has 2 aliphatic rings. The Kier molecular flexibility index (Phi) is 3.89. The Morgan fingerprint density at radius 3 is 2.38 bits per heavy atom. The van der Waals surface area contributed by atoms with Gasteiger partial charge in [0.05, 0.1) is 5.54 Å². The summed E-state index contributed by atoms with van der Waals surface area (Å²) in [5, 5.41) is 0. The second-order valence-electron chi connectivity index (χ2n) is 6.53. The third-order valence-corrected chi connectivity index (χ3v) is 4.64. The molecule has 0 unspecified atom stereocenters. The Morgan fingerprint density at radius 2 is 1.81 bits per heavy atom. The molecule has 0 radical (unpaired) electrons. The van der Waals surface area contributed by atoms with E-state index >= 15 is 0 Å². The fourth-order valence-corrected chi connectivity index (χ4v) is 3.04. The number of likely N-dealkylation sites (N-methyl/N-ethyl adjacent to an activating group) is 1. The van der Waals surface area contributed by atoms with E-state index in [0.29, 0.717) is 6.54 Å². The number of amides is 1.